The first-order valence-electron chi connectivity index (χ1n) is 5.77. The zero-order chi connectivity index (χ0) is 13.3. The number of nitrogens with zero attached hydrogens (tertiary/aromatic N) is 2. The Morgan fingerprint density at radius 3 is 2.83 bits per heavy atom. The molecule has 0 radical (unpaired) electrons. The van der Waals surface area contributed by atoms with E-state index in [0.717, 1.165) is 21.9 Å². The van der Waals surface area contributed by atoms with Gasteiger partial charge in [-0.05, 0) is 31.7 Å². The highest BCUT2D eigenvalue weighted by Crippen LogP contribution is 2.29. The number of anilines is 1. The Kier molecular flexibility index (Phi) is 3.97. The van der Waals surface area contributed by atoms with Gasteiger partial charge >= 0.3 is 0 Å². The number of rotatable bonds is 4. The van der Waals surface area contributed by atoms with Crippen molar-refractivity contribution in [2.75, 3.05) is 18.1 Å². The molecule has 0 aliphatic heterocycles. The molecule has 4 nitrogen and oxygen atoms in total. The van der Waals surface area contributed by atoms with Crippen LogP contribution in [0.4, 0.5) is 5.82 Å². The molecule has 2 unspecified atom stereocenters. The molecule has 2 rings (SSSR count). The van der Waals surface area contributed by atoms with Gasteiger partial charge in [0, 0.05) is 28.9 Å². The third-order valence-electron chi connectivity index (χ3n) is 2.85. The van der Waals surface area contributed by atoms with Gasteiger partial charge in [0.15, 0.2) is 0 Å². The molecule has 6 heteroatoms. The first-order chi connectivity index (χ1) is 8.49. The molecule has 2 atom stereocenters. The maximum absolute atomic E-state index is 11.4. The minimum absolute atomic E-state index is 0.106. The zero-order valence-corrected chi connectivity index (χ0v) is 12.6. The molecule has 2 aromatic rings. The van der Waals surface area contributed by atoms with Gasteiger partial charge in [-0.25, -0.2) is 9.97 Å². The smallest absolute Gasteiger partial charge is 0.138 e. The molecule has 0 saturated carbocycles. The van der Waals surface area contributed by atoms with Gasteiger partial charge in [-0.3, -0.25) is 4.21 Å². The van der Waals surface area contributed by atoms with Crippen LogP contribution in [-0.4, -0.2) is 32.2 Å². The normalized spacial score (nSPS) is 14.7. The number of thiophene rings is 1. The molecule has 2 heterocycles. The van der Waals surface area contributed by atoms with Crippen LogP contribution < -0.4 is 5.32 Å². The molecule has 0 saturated heterocycles. The van der Waals surface area contributed by atoms with Crippen molar-refractivity contribution in [1.82, 2.24) is 9.97 Å². The lowest BCUT2D eigenvalue weighted by molar-refractivity contribution is 0.679. The lowest BCUT2D eigenvalue weighted by Crippen LogP contribution is -2.21. The Labute approximate surface area is 113 Å². The average Bonchev–Trinajstić information content (AvgIpc) is 2.67. The molecule has 18 heavy (non-hydrogen) atoms. The van der Waals surface area contributed by atoms with E-state index in [0.29, 0.717) is 6.54 Å². The average molecular weight is 283 g/mol. The highest BCUT2D eigenvalue weighted by molar-refractivity contribution is 7.84. The maximum atomic E-state index is 11.4. The molecule has 0 bridgehead atoms. The molecule has 0 aliphatic rings. The Balaban J connectivity index is 2.32. The number of nitrogens with one attached hydrogen (secondary N) is 1. The van der Waals surface area contributed by atoms with Crippen molar-refractivity contribution < 1.29 is 4.21 Å². The summed E-state index contributed by atoms with van der Waals surface area (Å²) >= 11 is 1.63. The summed E-state index contributed by atoms with van der Waals surface area (Å²) in [4.78, 5) is 9.89. The molecule has 2 aromatic heterocycles. The molecule has 1 N–H and O–H groups in total. The van der Waals surface area contributed by atoms with E-state index in [1.807, 2.05) is 13.8 Å². The van der Waals surface area contributed by atoms with Gasteiger partial charge in [-0.2, -0.15) is 0 Å². The summed E-state index contributed by atoms with van der Waals surface area (Å²) in [5.74, 6) is 1.62. The third kappa shape index (κ3) is 2.70. The Morgan fingerprint density at radius 1 is 1.44 bits per heavy atom. The largest absolute Gasteiger partial charge is 0.368 e. The summed E-state index contributed by atoms with van der Waals surface area (Å²) in [5, 5.41) is 6.58. The van der Waals surface area contributed by atoms with Crippen LogP contribution in [0.2, 0.25) is 0 Å². The van der Waals surface area contributed by atoms with Crippen molar-refractivity contribution in [2.24, 2.45) is 0 Å². The van der Waals surface area contributed by atoms with E-state index in [2.05, 4.69) is 27.6 Å². The van der Waals surface area contributed by atoms with Crippen LogP contribution in [0.1, 0.15) is 18.3 Å². The molecular formula is C12H17N3OS2. The van der Waals surface area contributed by atoms with Crippen LogP contribution >= 0.6 is 11.3 Å². The van der Waals surface area contributed by atoms with Crippen molar-refractivity contribution >= 4 is 38.2 Å². The van der Waals surface area contributed by atoms with Crippen LogP contribution in [0, 0.1) is 13.8 Å². The number of fused-ring (bicyclic) bond motifs is 1. The quantitative estimate of drug-likeness (QED) is 0.936. The van der Waals surface area contributed by atoms with Crippen LogP contribution in [0.5, 0.6) is 0 Å². The lowest BCUT2D eigenvalue weighted by Gasteiger charge is -2.12. The second kappa shape index (κ2) is 5.32. The van der Waals surface area contributed by atoms with Gasteiger partial charge in [-0.15, -0.1) is 11.3 Å². The van der Waals surface area contributed by atoms with Crippen molar-refractivity contribution in [3.63, 3.8) is 0 Å². The standard InChI is InChI=1S/C12H17N3OS2/c1-7-6-17-12-10(7)11(14-9(3)15-12)13-5-8(2)18(4)16/h6,8H,5H2,1-4H3,(H,13,14,15). The van der Waals surface area contributed by atoms with Crippen LogP contribution in [-0.2, 0) is 10.8 Å². The second-order valence-electron chi connectivity index (χ2n) is 4.41. The molecular weight excluding hydrogens is 266 g/mol. The fourth-order valence-corrected chi connectivity index (χ4v) is 2.96. The Bertz CT molecular complexity index is 594. The van der Waals surface area contributed by atoms with Gasteiger partial charge < -0.3 is 5.32 Å². The maximum Gasteiger partial charge on any atom is 0.138 e. The fourth-order valence-electron chi connectivity index (χ4n) is 1.68. The highest BCUT2D eigenvalue weighted by Gasteiger charge is 2.12. The predicted molar refractivity (Wildman–Crippen MR) is 78.9 cm³/mol. The van der Waals surface area contributed by atoms with Crippen molar-refractivity contribution in [1.29, 1.82) is 0 Å². The summed E-state index contributed by atoms with van der Waals surface area (Å²) in [7, 11) is -0.822. The van der Waals surface area contributed by atoms with E-state index in [9.17, 15) is 4.21 Å². The highest BCUT2D eigenvalue weighted by atomic mass is 32.2. The molecule has 0 amide bonds. The van der Waals surface area contributed by atoms with Crippen LogP contribution in [0.15, 0.2) is 5.38 Å². The molecule has 98 valence electrons. The van der Waals surface area contributed by atoms with Gasteiger partial charge in [0.2, 0.25) is 0 Å². The predicted octanol–water partition coefficient (Wildman–Crippen LogP) is 2.49. The monoisotopic (exact) mass is 283 g/mol. The van der Waals surface area contributed by atoms with Crippen molar-refractivity contribution in [3.8, 4) is 0 Å². The summed E-state index contributed by atoms with van der Waals surface area (Å²) in [6, 6.07) is 0. The number of hydrogen-bond acceptors (Lipinski definition) is 5. The van der Waals surface area contributed by atoms with Gasteiger partial charge in [0.1, 0.15) is 16.5 Å². The van der Waals surface area contributed by atoms with E-state index in [1.165, 1.54) is 5.56 Å². The summed E-state index contributed by atoms with van der Waals surface area (Å²) in [6.07, 6.45) is 1.73. The second-order valence-corrected chi connectivity index (χ2v) is 7.07. The summed E-state index contributed by atoms with van der Waals surface area (Å²) < 4.78 is 11.4. The van der Waals surface area contributed by atoms with E-state index in [1.54, 1.807) is 17.6 Å². The summed E-state index contributed by atoms with van der Waals surface area (Å²) in [6.45, 7) is 6.57. The first kappa shape index (κ1) is 13.4. The number of aromatic nitrogens is 2. The van der Waals surface area contributed by atoms with E-state index in [-0.39, 0.29) is 5.25 Å². The van der Waals surface area contributed by atoms with Gasteiger partial charge in [0.25, 0.3) is 0 Å². The number of hydrogen-bond donors (Lipinski definition) is 1. The van der Waals surface area contributed by atoms with Crippen LogP contribution in [0.25, 0.3) is 10.2 Å². The fraction of sp³-hybridized carbons (Fsp3) is 0.500. The van der Waals surface area contributed by atoms with Gasteiger partial charge in [0.05, 0.1) is 5.39 Å². The van der Waals surface area contributed by atoms with Crippen LogP contribution in [0.3, 0.4) is 0 Å². The van der Waals surface area contributed by atoms with Crippen molar-refractivity contribution in [3.05, 3.63) is 16.8 Å². The zero-order valence-electron chi connectivity index (χ0n) is 11.0. The minimum atomic E-state index is -0.822. The van der Waals surface area contributed by atoms with E-state index in [4.69, 9.17) is 0 Å². The molecule has 0 aliphatic carbocycles. The molecule has 0 aromatic carbocycles. The summed E-state index contributed by atoms with van der Waals surface area (Å²) in [5.41, 5.74) is 1.18. The van der Waals surface area contributed by atoms with E-state index >= 15 is 0 Å². The Morgan fingerprint density at radius 2 is 2.17 bits per heavy atom. The van der Waals surface area contributed by atoms with Crippen molar-refractivity contribution in [2.45, 2.75) is 26.0 Å². The van der Waals surface area contributed by atoms with E-state index < -0.39 is 10.8 Å². The minimum Gasteiger partial charge on any atom is -0.368 e. The topological polar surface area (TPSA) is 54.9 Å². The SMILES string of the molecule is Cc1nc(NCC(C)S(C)=O)c2c(C)csc2n1. The lowest BCUT2D eigenvalue weighted by atomic mass is 10.2. The first-order valence-corrected chi connectivity index (χ1v) is 8.27. The number of aryl methyl sites for hydroxylation is 2. The van der Waals surface area contributed by atoms with Gasteiger partial charge in [-0.1, -0.05) is 0 Å². The Hall–Kier alpha value is -1.01. The molecule has 0 fully saturated rings. The third-order valence-corrected chi connectivity index (χ3v) is 5.14. The molecule has 0 spiro atoms.